The molecule has 1 fully saturated rings. The first-order valence-corrected chi connectivity index (χ1v) is 4.11. The van der Waals surface area contributed by atoms with Gasteiger partial charge in [0.2, 0.25) is 5.91 Å². The van der Waals surface area contributed by atoms with Crippen LogP contribution in [0.2, 0.25) is 0 Å². The molecular formula is C4H7NO4S. The largest absolute Gasteiger partial charge is 0.368 e. The summed E-state index contributed by atoms with van der Waals surface area (Å²) in [6.07, 6.45) is 0.280. The minimum absolute atomic E-state index is 0.140. The summed E-state index contributed by atoms with van der Waals surface area (Å²) < 4.78 is 27.6. The molecule has 10 heavy (non-hydrogen) atoms. The summed E-state index contributed by atoms with van der Waals surface area (Å²) in [7, 11) is -4.27. The first kappa shape index (κ1) is 7.49. The van der Waals surface area contributed by atoms with Gasteiger partial charge in [0.15, 0.2) is 4.75 Å². The Morgan fingerprint density at radius 1 is 1.50 bits per heavy atom. The van der Waals surface area contributed by atoms with Gasteiger partial charge in [-0.15, -0.1) is 0 Å². The Kier molecular flexibility index (Phi) is 1.27. The zero-order valence-corrected chi connectivity index (χ0v) is 5.89. The number of carbonyl (C=O) groups is 1. The molecule has 0 radical (unpaired) electrons. The topological polar surface area (TPSA) is 97.5 Å². The minimum atomic E-state index is -4.27. The van der Waals surface area contributed by atoms with Crippen LogP contribution in [0.4, 0.5) is 0 Å². The van der Waals surface area contributed by atoms with Crippen molar-refractivity contribution in [2.45, 2.75) is 17.6 Å². The van der Waals surface area contributed by atoms with Crippen LogP contribution in [0.25, 0.3) is 0 Å². The lowest BCUT2D eigenvalue weighted by Crippen LogP contribution is -2.37. The van der Waals surface area contributed by atoms with Crippen LogP contribution >= 0.6 is 0 Å². The molecule has 0 aromatic rings. The van der Waals surface area contributed by atoms with Crippen LogP contribution in [0.3, 0.4) is 0 Å². The lowest BCUT2D eigenvalue weighted by atomic mass is 10.4. The SMILES string of the molecule is NC(=O)C1(S(=O)(=O)O)CC1. The molecule has 3 N–H and O–H groups in total. The maximum atomic E-state index is 10.4. The van der Waals surface area contributed by atoms with Crippen molar-refractivity contribution in [2.75, 3.05) is 0 Å². The summed E-state index contributed by atoms with van der Waals surface area (Å²) in [6.45, 7) is 0. The number of hydrogen-bond donors (Lipinski definition) is 2. The summed E-state index contributed by atoms with van der Waals surface area (Å²) in [5, 5.41) is 0. The van der Waals surface area contributed by atoms with E-state index in [9.17, 15) is 13.2 Å². The van der Waals surface area contributed by atoms with Crippen LogP contribution in [0, 0.1) is 0 Å². The highest BCUT2D eigenvalue weighted by atomic mass is 32.2. The van der Waals surface area contributed by atoms with Crippen LogP contribution in [0.1, 0.15) is 12.8 Å². The van der Waals surface area contributed by atoms with E-state index in [0.29, 0.717) is 0 Å². The van der Waals surface area contributed by atoms with E-state index in [1.54, 1.807) is 0 Å². The molecule has 5 nitrogen and oxygen atoms in total. The number of primary amides is 1. The molecular weight excluding hydrogens is 158 g/mol. The lowest BCUT2D eigenvalue weighted by molar-refractivity contribution is -0.118. The molecule has 0 unspecified atom stereocenters. The minimum Gasteiger partial charge on any atom is -0.368 e. The molecule has 6 heteroatoms. The van der Waals surface area contributed by atoms with Crippen molar-refractivity contribution in [3.8, 4) is 0 Å². The quantitative estimate of drug-likeness (QED) is 0.507. The second kappa shape index (κ2) is 1.70. The maximum Gasteiger partial charge on any atom is 0.279 e. The van der Waals surface area contributed by atoms with Crippen molar-refractivity contribution in [2.24, 2.45) is 5.73 Å². The standard InChI is InChI=1S/C4H7NO4S/c5-3(6)4(1-2-4)10(7,8)9/h1-2H2,(H2,5,6)(H,7,8,9). The van der Waals surface area contributed by atoms with Crippen molar-refractivity contribution in [3.63, 3.8) is 0 Å². The van der Waals surface area contributed by atoms with Crippen LogP contribution in [-0.4, -0.2) is 23.6 Å². The van der Waals surface area contributed by atoms with E-state index >= 15 is 0 Å². The third-order valence-corrected chi connectivity index (χ3v) is 3.24. The third kappa shape index (κ3) is 0.800. The highest BCUT2D eigenvalue weighted by Gasteiger charge is 2.59. The number of hydrogen-bond acceptors (Lipinski definition) is 3. The van der Waals surface area contributed by atoms with Crippen molar-refractivity contribution >= 4 is 16.0 Å². The van der Waals surface area contributed by atoms with Gasteiger partial charge in [0.05, 0.1) is 0 Å². The van der Waals surface area contributed by atoms with Gasteiger partial charge >= 0.3 is 0 Å². The average Bonchev–Trinajstić information content (AvgIpc) is 2.36. The van der Waals surface area contributed by atoms with Gasteiger partial charge in [-0.1, -0.05) is 0 Å². The molecule has 0 aliphatic heterocycles. The van der Waals surface area contributed by atoms with Crippen molar-refractivity contribution in [1.29, 1.82) is 0 Å². The van der Waals surface area contributed by atoms with Gasteiger partial charge < -0.3 is 5.73 Å². The molecule has 1 amide bonds. The van der Waals surface area contributed by atoms with Gasteiger partial charge in [-0.25, -0.2) is 0 Å². The summed E-state index contributed by atoms with van der Waals surface area (Å²) in [6, 6.07) is 0. The van der Waals surface area contributed by atoms with Gasteiger partial charge in [0.1, 0.15) is 0 Å². The highest BCUT2D eigenvalue weighted by molar-refractivity contribution is 7.88. The van der Waals surface area contributed by atoms with Gasteiger partial charge in [-0.3, -0.25) is 9.35 Å². The van der Waals surface area contributed by atoms with Gasteiger partial charge in [-0.05, 0) is 12.8 Å². The number of nitrogens with two attached hydrogens (primary N) is 1. The fourth-order valence-corrected chi connectivity index (χ4v) is 1.62. The molecule has 0 saturated heterocycles. The van der Waals surface area contributed by atoms with E-state index in [-0.39, 0.29) is 12.8 Å². The van der Waals surface area contributed by atoms with Crippen LogP contribution < -0.4 is 5.73 Å². The fraction of sp³-hybridized carbons (Fsp3) is 0.750. The summed E-state index contributed by atoms with van der Waals surface area (Å²) in [5.41, 5.74) is 4.74. The summed E-state index contributed by atoms with van der Waals surface area (Å²) in [5.74, 6) is -0.963. The van der Waals surface area contributed by atoms with Gasteiger partial charge in [-0.2, -0.15) is 8.42 Å². The Bertz CT molecular complexity index is 263. The fourth-order valence-electron chi connectivity index (χ4n) is 0.745. The smallest absolute Gasteiger partial charge is 0.279 e. The highest BCUT2D eigenvalue weighted by Crippen LogP contribution is 2.42. The Morgan fingerprint density at radius 2 is 1.90 bits per heavy atom. The Balaban J connectivity index is 3.02. The number of carbonyl (C=O) groups excluding carboxylic acids is 1. The molecule has 0 aromatic heterocycles. The predicted molar refractivity (Wildman–Crippen MR) is 32.7 cm³/mol. The Labute approximate surface area is 58.0 Å². The summed E-state index contributed by atoms with van der Waals surface area (Å²) >= 11 is 0. The average molecular weight is 165 g/mol. The zero-order chi connectivity index (χ0) is 7.99. The van der Waals surface area contributed by atoms with Crippen LogP contribution in [0.5, 0.6) is 0 Å². The monoisotopic (exact) mass is 165 g/mol. The van der Waals surface area contributed by atoms with E-state index in [1.807, 2.05) is 0 Å². The molecule has 0 atom stereocenters. The molecule has 0 heterocycles. The molecule has 0 aromatic carbocycles. The first-order chi connectivity index (χ1) is 4.40. The second-order valence-corrected chi connectivity index (χ2v) is 4.07. The van der Waals surface area contributed by atoms with Gasteiger partial charge in [0, 0.05) is 0 Å². The molecule has 1 aliphatic rings. The number of amides is 1. The Morgan fingerprint density at radius 3 is 1.90 bits per heavy atom. The van der Waals surface area contributed by atoms with Crippen LogP contribution in [-0.2, 0) is 14.9 Å². The molecule has 0 bridgehead atoms. The van der Waals surface area contributed by atoms with Crippen molar-refractivity contribution < 1.29 is 17.8 Å². The molecule has 58 valence electrons. The molecule has 1 saturated carbocycles. The maximum absolute atomic E-state index is 10.4. The lowest BCUT2D eigenvalue weighted by Gasteiger charge is -2.04. The number of rotatable bonds is 2. The molecule has 1 rings (SSSR count). The van der Waals surface area contributed by atoms with Crippen molar-refractivity contribution in [1.82, 2.24) is 0 Å². The van der Waals surface area contributed by atoms with Gasteiger partial charge in [0.25, 0.3) is 10.1 Å². The molecule has 1 aliphatic carbocycles. The molecule has 0 spiro atoms. The Hall–Kier alpha value is -0.620. The normalized spacial score (nSPS) is 22.1. The second-order valence-electron chi connectivity index (χ2n) is 2.33. The van der Waals surface area contributed by atoms with E-state index in [4.69, 9.17) is 10.3 Å². The summed E-state index contributed by atoms with van der Waals surface area (Å²) in [4.78, 5) is 10.4. The van der Waals surface area contributed by atoms with E-state index in [1.165, 1.54) is 0 Å². The third-order valence-electron chi connectivity index (χ3n) is 1.65. The van der Waals surface area contributed by atoms with Crippen LogP contribution in [0.15, 0.2) is 0 Å². The zero-order valence-electron chi connectivity index (χ0n) is 5.07. The van der Waals surface area contributed by atoms with Crippen molar-refractivity contribution in [3.05, 3.63) is 0 Å². The van der Waals surface area contributed by atoms with E-state index in [2.05, 4.69) is 0 Å². The van der Waals surface area contributed by atoms with E-state index < -0.39 is 20.8 Å². The first-order valence-electron chi connectivity index (χ1n) is 2.67. The predicted octanol–water partition coefficient (Wildman–Crippen LogP) is -1.11. The van der Waals surface area contributed by atoms with E-state index in [0.717, 1.165) is 0 Å².